The van der Waals surface area contributed by atoms with Crippen LogP contribution in [-0.2, 0) is 16.1 Å². The van der Waals surface area contributed by atoms with E-state index in [-0.39, 0.29) is 11.8 Å². The minimum atomic E-state index is -0.945. The van der Waals surface area contributed by atoms with Gasteiger partial charge in [-0.3, -0.25) is 19.8 Å². The van der Waals surface area contributed by atoms with Crippen molar-refractivity contribution in [3.8, 4) is 0 Å². The molecule has 2 spiro atoms. The number of amides is 2. The normalized spacial score (nSPS) is 28.3. The van der Waals surface area contributed by atoms with E-state index in [4.69, 9.17) is 0 Å². The molecular weight excluding hydrogens is 396 g/mol. The van der Waals surface area contributed by atoms with Crippen molar-refractivity contribution in [2.75, 3.05) is 44.8 Å². The number of carbonyl (C=O) groups excluding carboxylic acids is 2. The summed E-state index contributed by atoms with van der Waals surface area (Å²) >= 11 is 0. The van der Waals surface area contributed by atoms with E-state index in [2.05, 4.69) is 62.0 Å². The predicted octanol–water partition coefficient (Wildman–Crippen LogP) is -0.625. The SMILES string of the molecule is CN1CCC2(CC1)C(=O)NCN2c1cccc(CN2CCC3(CC2)NC(O)NC3=O)c1. The van der Waals surface area contributed by atoms with Gasteiger partial charge in [0.05, 0.1) is 6.67 Å². The molecule has 1 atom stereocenters. The lowest BCUT2D eigenvalue weighted by atomic mass is 9.85. The van der Waals surface area contributed by atoms with E-state index in [0.29, 0.717) is 19.5 Å². The first-order valence-corrected chi connectivity index (χ1v) is 11.2. The Morgan fingerprint density at radius 3 is 2.48 bits per heavy atom. The highest BCUT2D eigenvalue weighted by molar-refractivity contribution is 5.93. The molecule has 168 valence electrons. The zero-order chi connectivity index (χ0) is 21.6. The zero-order valence-electron chi connectivity index (χ0n) is 18.1. The molecule has 4 N–H and O–H groups in total. The maximum absolute atomic E-state index is 12.8. The molecule has 4 fully saturated rings. The van der Waals surface area contributed by atoms with Gasteiger partial charge in [0.2, 0.25) is 11.8 Å². The third-order valence-electron chi connectivity index (χ3n) is 7.60. The van der Waals surface area contributed by atoms with Crippen LogP contribution in [0.5, 0.6) is 0 Å². The van der Waals surface area contributed by atoms with Crippen molar-refractivity contribution >= 4 is 17.5 Å². The lowest BCUT2D eigenvalue weighted by molar-refractivity contribution is -0.126. The van der Waals surface area contributed by atoms with Crippen molar-refractivity contribution in [1.82, 2.24) is 25.8 Å². The first-order chi connectivity index (χ1) is 14.9. The number of aliphatic hydroxyl groups excluding tert-OH is 1. The third kappa shape index (κ3) is 3.59. The smallest absolute Gasteiger partial charge is 0.247 e. The molecule has 0 bridgehead atoms. The summed E-state index contributed by atoms with van der Waals surface area (Å²) in [5, 5.41) is 18.3. The highest BCUT2D eigenvalue weighted by Gasteiger charge is 2.50. The number of rotatable bonds is 3. The van der Waals surface area contributed by atoms with Gasteiger partial charge in [0.25, 0.3) is 0 Å². The summed E-state index contributed by atoms with van der Waals surface area (Å²) in [5.41, 5.74) is 1.22. The monoisotopic (exact) mass is 428 g/mol. The van der Waals surface area contributed by atoms with Gasteiger partial charge in [0.15, 0.2) is 6.35 Å². The molecule has 0 aliphatic carbocycles. The molecule has 4 aliphatic heterocycles. The summed E-state index contributed by atoms with van der Waals surface area (Å²) in [5.74, 6) is 0.0492. The largest absolute Gasteiger partial charge is 0.361 e. The van der Waals surface area contributed by atoms with Crippen LogP contribution in [0.4, 0.5) is 5.69 Å². The van der Waals surface area contributed by atoms with Crippen LogP contribution >= 0.6 is 0 Å². The molecule has 0 aromatic heterocycles. The Labute approximate surface area is 182 Å². The first-order valence-electron chi connectivity index (χ1n) is 11.2. The van der Waals surface area contributed by atoms with Crippen LogP contribution in [0.15, 0.2) is 24.3 Å². The first kappa shape index (κ1) is 20.7. The number of aliphatic hydroxyl groups is 1. The number of piperidine rings is 2. The standard InChI is InChI=1S/C22H32N6O3/c1-26-9-7-22(8-10-26)19(30)23-15-28(22)17-4-2-3-16(13-17)14-27-11-5-21(6-12-27)18(29)24-20(31)25-21/h2-4,13,20,25,31H,5-12,14-15H2,1H3,(H,23,30)(H,24,29). The van der Waals surface area contributed by atoms with Gasteiger partial charge in [-0.1, -0.05) is 12.1 Å². The lowest BCUT2D eigenvalue weighted by Crippen LogP contribution is -2.55. The molecule has 0 radical (unpaired) electrons. The molecular formula is C22H32N6O3. The Morgan fingerprint density at radius 1 is 1.06 bits per heavy atom. The summed E-state index contributed by atoms with van der Waals surface area (Å²) in [6.45, 7) is 4.79. The van der Waals surface area contributed by atoms with Crippen LogP contribution < -0.4 is 20.9 Å². The van der Waals surface area contributed by atoms with Crippen LogP contribution in [0, 0.1) is 0 Å². The summed E-state index contributed by atoms with van der Waals surface area (Å²) in [6.07, 6.45) is 2.09. The number of nitrogens with one attached hydrogen (secondary N) is 3. The van der Waals surface area contributed by atoms with Gasteiger partial charge in [-0.2, -0.15) is 0 Å². The molecule has 1 aromatic rings. The van der Waals surface area contributed by atoms with E-state index < -0.39 is 17.4 Å². The summed E-state index contributed by atoms with van der Waals surface area (Å²) in [7, 11) is 2.11. The number of benzene rings is 1. The molecule has 9 nitrogen and oxygen atoms in total. The van der Waals surface area contributed by atoms with Crippen molar-refractivity contribution in [3.63, 3.8) is 0 Å². The van der Waals surface area contributed by atoms with Crippen LogP contribution in [0.2, 0.25) is 0 Å². The van der Waals surface area contributed by atoms with Gasteiger partial charge in [0, 0.05) is 38.4 Å². The number of carbonyl (C=O) groups is 2. The fourth-order valence-electron chi connectivity index (χ4n) is 5.58. The molecule has 2 amide bonds. The highest BCUT2D eigenvalue weighted by Crippen LogP contribution is 2.36. The average Bonchev–Trinajstić information content (AvgIpc) is 3.22. The molecule has 4 saturated heterocycles. The second kappa shape index (κ2) is 7.74. The zero-order valence-corrected chi connectivity index (χ0v) is 18.1. The molecule has 5 rings (SSSR count). The van der Waals surface area contributed by atoms with Gasteiger partial charge >= 0.3 is 0 Å². The van der Waals surface area contributed by atoms with E-state index >= 15 is 0 Å². The van der Waals surface area contributed by atoms with E-state index in [1.54, 1.807) is 0 Å². The number of hydrogen-bond donors (Lipinski definition) is 4. The van der Waals surface area contributed by atoms with Gasteiger partial charge < -0.3 is 25.5 Å². The van der Waals surface area contributed by atoms with Crippen LogP contribution in [0.1, 0.15) is 31.2 Å². The number of anilines is 1. The van der Waals surface area contributed by atoms with E-state index in [9.17, 15) is 14.7 Å². The Bertz CT molecular complexity index is 861. The van der Waals surface area contributed by atoms with E-state index in [1.165, 1.54) is 5.56 Å². The number of nitrogens with zero attached hydrogens (tertiary/aromatic N) is 3. The van der Waals surface area contributed by atoms with Crippen LogP contribution in [0.3, 0.4) is 0 Å². The van der Waals surface area contributed by atoms with Crippen molar-refractivity contribution < 1.29 is 14.7 Å². The number of hydrogen-bond acceptors (Lipinski definition) is 7. The molecule has 1 aromatic carbocycles. The molecule has 4 aliphatic rings. The topological polar surface area (TPSA) is 100 Å². The summed E-state index contributed by atoms with van der Waals surface area (Å²) in [6, 6.07) is 8.51. The van der Waals surface area contributed by atoms with Crippen LogP contribution in [0.25, 0.3) is 0 Å². The molecule has 1 unspecified atom stereocenters. The second-order valence-electron chi connectivity index (χ2n) is 9.48. The maximum atomic E-state index is 12.8. The minimum absolute atomic E-state index is 0.101. The Kier molecular flexibility index (Phi) is 5.16. The van der Waals surface area contributed by atoms with Crippen molar-refractivity contribution in [2.24, 2.45) is 0 Å². The highest BCUT2D eigenvalue weighted by atomic mass is 16.3. The van der Waals surface area contributed by atoms with Gasteiger partial charge in [-0.05, 0) is 50.4 Å². The lowest BCUT2D eigenvalue weighted by Gasteiger charge is -2.42. The molecule has 0 saturated carbocycles. The van der Waals surface area contributed by atoms with Crippen molar-refractivity contribution in [1.29, 1.82) is 0 Å². The van der Waals surface area contributed by atoms with Crippen LogP contribution in [-0.4, -0.2) is 84.0 Å². The van der Waals surface area contributed by atoms with Gasteiger partial charge in [0.1, 0.15) is 11.1 Å². The van der Waals surface area contributed by atoms with Crippen molar-refractivity contribution in [3.05, 3.63) is 29.8 Å². The van der Waals surface area contributed by atoms with E-state index in [1.807, 2.05) is 0 Å². The van der Waals surface area contributed by atoms with E-state index in [0.717, 1.165) is 51.3 Å². The number of likely N-dealkylation sites (tertiary alicyclic amines) is 2. The second-order valence-corrected chi connectivity index (χ2v) is 9.48. The fourth-order valence-corrected chi connectivity index (χ4v) is 5.58. The molecule has 4 heterocycles. The minimum Gasteiger partial charge on any atom is -0.361 e. The summed E-state index contributed by atoms with van der Waals surface area (Å²) in [4.78, 5) is 31.9. The van der Waals surface area contributed by atoms with Gasteiger partial charge in [-0.15, -0.1) is 0 Å². The summed E-state index contributed by atoms with van der Waals surface area (Å²) < 4.78 is 0. The fraction of sp³-hybridized carbons (Fsp3) is 0.636. The third-order valence-corrected chi connectivity index (χ3v) is 7.60. The van der Waals surface area contributed by atoms with Crippen molar-refractivity contribution in [2.45, 2.75) is 49.7 Å². The average molecular weight is 429 g/mol. The quantitative estimate of drug-likeness (QED) is 0.509. The maximum Gasteiger partial charge on any atom is 0.247 e. The Balaban J connectivity index is 1.27. The predicted molar refractivity (Wildman–Crippen MR) is 116 cm³/mol. The molecule has 31 heavy (non-hydrogen) atoms. The van der Waals surface area contributed by atoms with Gasteiger partial charge in [-0.25, -0.2) is 0 Å². The molecule has 9 heteroatoms. The Hall–Kier alpha value is -2.20. The Morgan fingerprint density at radius 2 is 1.81 bits per heavy atom.